The van der Waals surface area contributed by atoms with Crippen LogP contribution in [0.1, 0.15) is 18.0 Å². The Morgan fingerprint density at radius 1 is 1.27 bits per heavy atom. The highest BCUT2D eigenvalue weighted by Crippen LogP contribution is 2.26. The Morgan fingerprint density at radius 3 is 2.77 bits per heavy atom. The molecule has 1 aliphatic rings. The van der Waals surface area contributed by atoms with Gasteiger partial charge in [0.25, 0.3) is 5.56 Å². The van der Waals surface area contributed by atoms with Gasteiger partial charge in [-0.05, 0) is 43.3 Å². The van der Waals surface area contributed by atoms with Crippen molar-refractivity contribution in [2.45, 2.75) is 24.5 Å². The molecule has 5 nitrogen and oxygen atoms in total. The van der Waals surface area contributed by atoms with Crippen molar-refractivity contribution in [3.8, 4) is 11.1 Å². The van der Waals surface area contributed by atoms with Crippen molar-refractivity contribution in [2.75, 3.05) is 19.3 Å². The molecule has 0 radical (unpaired) electrons. The van der Waals surface area contributed by atoms with Crippen LogP contribution in [0.15, 0.2) is 46.5 Å². The monoisotopic (exact) mass is 388 g/mol. The van der Waals surface area contributed by atoms with Crippen molar-refractivity contribution in [1.82, 2.24) is 19.9 Å². The second-order valence-electron chi connectivity index (χ2n) is 6.33. The van der Waals surface area contributed by atoms with Gasteiger partial charge in [-0.3, -0.25) is 9.36 Å². The highest BCUT2D eigenvalue weighted by molar-refractivity contribution is 7.98. The molecule has 1 fully saturated rings. The quantitative estimate of drug-likeness (QED) is 0.550. The molecule has 26 heavy (non-hydrogen) atoms. The Kier molecular flexibility index (Phi) is 5.65. The fraction of sp³-hybridized carbons (Fsp3) is 0.316. The van der Waals surface area contributed by atoms with Gasteiger partial charge in [-0.2, -0.15) is 0 Å². The zero-order chi connectivity index (χ0) is 17.4. The number of fused-ring (bicyclic) bond motifs is 1. The SMILES string of the molecule is CSc1ncc2cc(-c3ccccc3C)c(=O)n([C@H]3CCNC3)c2n1.Cl. The van der Waals surface area contributed by atoms with Gasteiger partial charge in [0.15, 0.2) is 5.16 Å². The van der Waals surface area contributed by atoms with Crippen molar-refractivity contribution < 1.29 is 0 Å². The zero-order valence-electron chi connectivity index (χ0n) is 14.7. The molecule has 3 heterocycles. The third kappa shape index (κ3) is 3.24. The van der Waals surface area contributed by atoms with E-state index in [1.807, 2.05) is 54.3 Å². The van der Waals surface area contributed by atoms with Crippen LogP contribution in [0.2, 0.25) is 0 Å². The molecular weight excluding hydrogens is 368 g/mol. The molecule has 1 aliphatic heterocycles. The summed E-state index contributed by atoms with van der Waals surface area (Å²) in [7, 11) is 0. The van der Waals surface area contributed by atoms with Crippen LogP contribution in [0.5, 0.6) is 0 Å². The van der Waals surface area contributed by atoms with Crippen molar-refractivity contribution in [2.24, 2.45) is 0 Å². The van der Waals surface area contributed by atoms with Crippen LogP contribution in [0.3, 0.4) is 0 Å². The van der Waals surface area contributed by atoms with Crippen LogP contribution < -0.4 is 10.9 Å². The Morgan fingerprint density at radius 2 is 2.08 bits per heavy atom. The minimum atomic E-state index is 0. The molecule has 7 heteroatoms. The van der Waals surface area contributed by atoms with Gasteiger partial charge in [0, 0.05) is 23.7 Å². The fourth-order valence-corrected chi connectivity index (χ4v) is 3.81. The summed E-state index contributed by atoms with van der Waals surface area (Å²) in [5, 5.41) is 4.95. The number of rotatable bonds is 3. The van der Waals surface area contributed by atoms with Crippen LogP contribution >= 0.6 is 24.2 Å². The van der Waals surface area contributed by atoms with Crippen LogP contribution in [0, 0.1) is 6.92 Å². The Balaban J connectivity index is 0.00000196. The van der Waals surface area contributed by atoms with Crippen LogP contribution in [-0.4, -0.2) is 33.9 Å². The molecule has 1 saturated heterocycles. The molecule has 1 atom stereocenters. The number of hydrogen-bond acceptors (Lipinski definition) is 5. The lowest BCUT2D eigenvalue weighted by Gasteiger charge is -2.18. The summed E-state index contributed by atoms with van der Waals surface area (Å²) in [6, 6.07) is 10.1. The van der Waals surface area contributed by atoms with Crippen molar-refractivity contribution in [3.05, 3.63) is 52.4 Å². The van der Waals surface area contributed by atoms with Gasteiger partial charge >= 0.3 is 0 Å². The molecule has 0 unspecified atom stereocenters. The molecule has 1 aromatic carbocycles. The molecule has 136 valence electrons. The van der Waals surface area contributed by atoms with E-state index in [-0.39, 0.29) is 24.0 Å². The molecule has 0 bridgehead atoms. The van der Waals surface area contributed by atoms with E-state index in [1.54, 1.807) is 0 Å². The van der Waals surface area contributed by atoms with Crippen molar-refractivity contribution >= 4 is 35.2 Å². The molecule has 2 aromatic heterocycles. The number of hydrogen-bond donors (Lipinski definition) is 1. The minimum absolute atomic E-state index is 0. The first-order valence-corrected chi connectivity index (χ1v) is 9.64. The van der Waals surface area contributed by atoms with E-state index in [9.17, 15) is 4.79 Å². The van der Waals surface area contributed by atoms with Crippen LogP contribution in [0.4, 0.5) is 0 Å². The molecule has 4 rings (SSSR count). The lowest BCUT2D eigenvalue weighted by Crippen LogP contribution is -2.28. The topological polar surface area (TPSA) is 59.8 Å². The summed E-state index contributed by atoms with van der Waals surface area (Å²) in [5.41, 5.74) is 3.55. The number of nitrogens with one attached hydrogen (secondary N) is 1. The van der Waals surface area contributed by atoms with E-state index in [4.69, 9.17) is 0 Å². The van der Waals surface area contributed by atoms with E-state index < -0.39 is 0 Å². The van der Waals surface area contributed by atoms with Gasteiger partial charge in [-0.25, -0.2) is 9.97 Å². The average molecular weight is 389 g/mol. The summed E-state index contributed by atoms with van der Waals surface area (Å²) in [4.78, 5) is 22.4. The second kappa shape index (κ2) is 7.78. The highest BCUT2D eigenvalue weighted by Gasteiger charge is 2.23. The van der Waals surface area contributed by atoms with Crippen molar-refractivity contribution in [3.63, 3.8) is 0 Å². The van der Waals surface area contributed by atoms with E-state index in [0.29, 0.717) is 5.16 Å². The summed E-state index contributed by atoms with van der Waals surface area (Å²) >= 11 is 1.49. The number of nitrogens with zero attached hydrogens (tertiary/aromatic N) is 3. The Bertz CT molecular complexity index is 998. The minimum Gasteiger partial charge on any atom is -0.315 e. The average Bonchev–Trinajstić information content (AvgIpc) is 3.15. The predicted molar refractivity (Wildman–Crippen MR) is 110 cm³/mol. The van der Waals surface area contributed by atoms with Gasteiger partial charge < -0.3 is 5.32 Å². The molecule has 0 spiro atoms. The Labute approximate surface area is 162 Å². The molecule has 1 N–H and O–H groups in total. The molecule has 0 saturated carbocycles. The van der Waals surface area contributed by atoms with E-state index in [2.05, 4.69) is 15.3 Å². The van der Waals surface area contributed by atoms with Gasteiger partial charge in [-0.15, -0.1) is 12.4 Å². The fourth-order valence-electron chi connectivity index (χ4n) is 3.47. The van der Waals surface area contributed by atoms with E-state index in [1.165, 1.54) is 11.8 Å². The van der Waals surface area contributed by atoms with Gasteiger partial charge in [0.1, 0.15) is 5.65 Å². The van der Waals surface area contributed by atoms with Crippen LogP contribution in [-0.2, 0) is 0 Å². The highest BCUT2D eigenvalue weighted by atomic mass is 35.5. The summed E-state index contributed by atoms with van der Waals surface area (Å²) in [5.74, 6) is 0. The lowest BCUT2D eigenvalue weighted by molar-refractivity contribution is 0.542. The van der Waals surface area contributed by atoms with Gasteiger partial charge in [0.05, 0.1) is 6.04 Å². The second-order valence-corrected chi connectivity index (χ2v) is 7.10. The first kappa shape index (κ1) is 18.9. The third-order valence-corrected chi connectivity index (χ3v) is 5.33. The summed E-state index contributed by atoms with van der Waals surface area (Å²) in [6.45, 7) is 3.76. The maximum absolute atomic E-state index is 13.4. The zero-order valence-corrected chi connectivity index (χ0v) is 16.4. The number of pyridine rings is 1. The molecule has 0 amide bonds. The van der Waals surface area contributed by atoms with E-state index >= 15 is 0 Å². The summed E-state index contributed by atoms with van der Waals surface area (Å²) < 4.78 is 1.87. The maximum Gasteiger partial charge on any atom is 0.260 e. The smallest absolute Gasteiger partial charge is 0.260 e. The normalized spacial score (nSPS) is 16.6. The Hall–Kier alpha value is -1.89. The van der Waals surface area contributed by atoms with E-state index in [0.717, 1.165) is 47.2 Å². The number of thioether (sulfide) groups is 1. The van der Waals surface area contributed by atoms with Gasteiger partial charge in [0.2, 0.25) is 0 Å². The number of benzene rings is 1. The lowest BCUT2D eigenvalue weighted by atomic mass is 10.0. The number of halogens is 1. The molecule has 3 aromatic rings. The maximum atomic E-state index is 13.4. The first-order chi connectivity index (χ1) is 12.2. The van der Waals surface area contributed by atoms with Gasteiger partial charge in [-0.1, -0.05) is 36.0 Å². The van der Waals surface area contributed by atoms with Crippen LogP contribution in [0.25, 0.3) is 22.2 Å². The largest absolute Gasteiger partial charge is 0.315 e. The molecule has 0 aliphatic carbocycles. The number of aromatic nitrogens is 3. The van der Waals surface area contributed by atoms with Crippen molar-refractivity contribution in [1.29, 1.82) is 0 Å². The summed E-state index contributed by atoms with van der Waals surface area (Å²) in [6.07, 6.45) is 4.71. The third-order valence-electron chi connectivity index (χ3n) is 4.77. The number of aryl methyl sites for hydroxylation is 1. The first-order valence-electron chi connectivity index (χ1n) is 8.42. The standard InChI is InChI=1S/C19H20N4OS.ClH/c1-12-5-3-4-6-15(12)16-9-13-10-21-19(25-2)22-17(13)23(18(16)24)14-7-8-20-11-14;/h3-6,9-10,14,20H,7-8,11H2,1-2H3;1H/t14-;/m0./s1. The predicted octanol–water partition coefficient (Wildman–Crippen LogP) is 3.45. The molecular formula is C19H21ClN4OS.